The lowest BCUT2D eigenvalue weighted by molar-refractivity contribution is -0.137. The van der Waals surface area contributed by atoms with E-state index < -0.39 is 41.1 Å². The van der Waals surface area contributed by atoms with Crippen molar-refractivity contribution in [3.8, 4) is 6.07 Å². The summed E-state index contributed by atoms with van der Waals surface area (Å²) in [6, 6.07) is 12.3. The molecule has 0 spiro atoms. The lowest BCUT2D eigenvalue weighted by atomic mass is 9.69. The minimum Gasteiger partial charge on any atom is -0.466 e. The van der Waals surface area contributed by atoms with Crippen LogP contribution in [0.25, 0.3) is 0 Å². The molecule has 2 fully saturated rings. The highest BCUT2D eigenvalue weighted by atomic mass is 19.2. The van der Waals surface area contributed by atoms with Gasteiger partial charge in [-0.05, 0) is 55.4 Å². The molecule has 1 saturated carbocycles. The number of nitriles is 1. The highest BCUT2D eigenvalue weighted by Gasteiger charge is 2.45. The SMILES string of the molecule is COCC1=C(C(=O)OC)[C@H](c2ccc(F)c(F)c2)N(C(=O)NC2CCN(C3CCC(C#N)(c4ccccc4)CC3)C2)C(=O)N1. The zero-order valence-corrected chi connectivity index (χ0v) is 24.6. The predicted octanol–water partition coefficient (Wildman–Crippen LogP) is 4.29. The van der Waals surface area contributed by atoms with Crippen molar-refractivity contribution in [1.29, 1.82) is 5.26 Å². The van der Waals surface area contributed by atoms with Crippen LogP contribution in [0.2, 0.25) is 0 Å². The molecule has 2 aromatic rings. The van der Waals surface area contributed by atoms with E-state index in [1.165, 1.54) is 13.2 Å². The number of amides is 4. The van der Waals surface area contributed by atoms with E-state index in [1.807, 2.05) is 30.3 Å². The van der Waals surface area contributed by atoms with Crippen LogP contribution in [0.15, 0.2) is 59.8 Å². The minimum atomic E-state index is -1.40. The Labute approximate surface area is 254 Å². The summed E-state index contributed by atoms with van der Waals surface area (Å²) in [5, 5.41) is 15.5. The zero-order chi connectivity index (χ0) is 31.4. The molecule has 2 aliphatic heterocycles. The van der Waals surface area contributed by atoms with Crippen molar-refractivity contribution >= 4 is 18.0 Å². The summed E-state index contributed by atoms with van der Waals surface area (Å²) in [6.45, 7) is 1.08. The lowest BCUT2D eigenvalue weighted by Crippen LogP contribution is -2.57. The molecule has 2 atom stereocenters. The number of nitrogens with one attached hydrogen (secondary N) is 2. The van der Waals surface area contributed by atoms with Gasteiger partial charge in [0.15, 0.2) is 11.6 Å². The molecule has 1 saturated heterocycles. The Morgan fingerprint density at radius 3 is 2.45 bits per heavy atom. The predicted molar refractivity (Wildman–Crippen MR) is 155 cm³/mol. The first-order chi connectivity index (χ1) is 21.2. The molecule has 5 rings (SSSR count). The van der Waals surface area contributed by atoms with Crippen LogP contribution < -0.4 is 10.6 Å². The molecule has 10 nitrogen and oxygen atoms in total. The number of rotatable bonds is 7. The molecule has 2 heterocycles. The van der Waals surface area contributed by atoms with E-state index in [0.717, 1.165) is 61.9 Å². The number of carbonyl (C=O) groups is 3. The normalized spacial score (nSPS) is 25.8. The van der Waals surface area contributed by atoms with Crippen molar-refractivity contribution in [1.82, 2.24) is 20.4 Å². The summed E-state index contributed by atoms with van der Waals surface area (Å²) < 4.78 is 38.3. The van der Waals surface area contributed by atoms with Crippen LogP contribution in [0.4, 0.5) is 18.4 Å². The van der Waals surface area contributed by atoms with Crippen molar-refractivity contribution in [3.63, 3.8) is 0 Å². The topological polar surface area (TPSA) is 124 Å². The summed E-state index contributed by atoms with van der Waals surface area (Å²) in [4.78, 5) is 43.1. The third-order valence-corrected chi connectivity index (χ3v) is 8.92. The monoisotopic (exact) mass is 607 g/mol. The average molecular weight is 608 g/mol. The Morgan fingerprint density at radius 1 is 1.09 bits per heavy atom. The molecular weight excluding hydrogens is 572 g/mol. The van der Waals surface area contributed by atoms with E-state index >= 15 is 0 Å². The summed E-state index contributed by atoms with van der Waals surface area (Å²) in [5.74, 6) is -3.17. The Kier molecular flexibility index (Phi) is 9.27. The standard InChI is InChI=1S/C32H35F2N5O5/c1-43-18-26-27(29(40)44-2)28(20-8-9-24(33)25(34)16-20)39(31(42)37-26)30(41)36-22-12-15-38(17-22)23-10-13-32(19-35,14-11-23)21-6-4-3-5-7-21/h3-9,16,22-23,28H,10-15,17-18H2,1-2H3,(H,36,41)(H,37,42)/t22?,23?,28-,32?/m0/s1. The van der Waals surface area contributed by atoms with E-state index in [-0.39, 0.29) is 35.5 Å². The number of benzene rings is 2. The van der Waals surface area contributed by atoms with Crippen molar-refractivity contribution in [2.45, 2.75) is 55.6 Å². The summed E-state index contributed by atoms with van der Waals surface area (Å²) in [7, 11) is 2.50. The van der Waals surface area contributed by atoms with Crippen molar-refractivity contribution in [2.24, 2.45) is 0 Å². The van der Waals surface area contributed by atoms with Crippen LogP contribution in [0.5, 0.6) is 0 Å². The van der Waals surface area contributed by atoms with E-state index in [4.69, 9.17) is 9.47 Å². The summed E-state index contributed by atoms with van der Waals surface area (Å²) >= 11 is 0. The number of urea groups is 2. The molecule has 0 radical (unpaired) electrons. The second-order valence-corrected chi connectivity index (χ2v) is 11.4. The Morgan fingerprint density at radius 2 is 1.82 bits per heavy atom. The van der Waals surface area contributed by atoms with Gasteiger partial charge in [-0.25, -0.2) is 28.1 Å². The molecule has 2 aromatic carbocycles. The molecule has 4 amide bonds. The molecule has 232 valence electrons. The minimum absolute atomic E-state index is 0.0116. The maximum Gasteiger partial charge on any atom is 0.338 e. The second kappa shape index (κ2) is 13.1. The summed E-state index contributed by atoms with van der Waals surface area (Å²) in [6.07, 6.45) is 3.78. The van der Waals surface area contributed by atoms with Gasteiger partial charge in [-0.3, -0.25) is 4.90 Å². The number of carbonyl (C=O) groups excluding carboxylic acids is 3. The fourth-order valence-electron chi connectivity index (χ4n) is 6.64. The number of methoxy groups -OCH3 is 2. The van der Waals surface area contributed by atoms with Crippen LogP contribution in [-0.4, -0.2) is 73.8 Å². The summed E-state index contributed by atoms with van der Waals surface area (Å²) in [5.41, 5.74) is 0.462. The first-order valence-corrected chi connectivity index (χ1v) is 14.6. The van der Waals surface area contributed by atoms with Gasteiger partial charge < -0.3 is 20.1 Å². The van der Waals surface area contributed by atoms with Crippen LogP contribution >= 0.6 is 0 Å². The number of esters is 1. The lowest BCUT2D eigenvalue weighted by Gasteiger charge is -2.39. The van der Waals surface area contributed by atoms with Gasteiger partial charge in [0.05, 0.1) is 36.5 Å². The van der Waals surface area contributed by atoms with Gasteiger partial charge in [-0.1, -0.05) is 36.4 Å². The number of hydrogen-bond donors (Lipinski definition) is 2. The van der Waals surface area contributed by atoms with Crippen LogP contribution in [0.1, 0.15) is 49.3 Å². The Hall–Kier alpha value is -4.34. The van der Waals surface area contributed by atoms with Crippen molar-refractivity contribution in [3.05, 3.63) is 82.6 Å². The largest absolute Gasteiger partial charge is 0.466 e. The van der Waals surface area contributed by atoms with E-state index in [1.54, 1.807) is 0 Å². The number of nitrogens with zero attached hydrogens (tertiary/aromatic N) is 3. The van der Waals surface area contributed by atoms with Crippen molar-refractivity contribution in [2.75, 3.05) is 33.9 Å². The molecule has 44 heavy (non-hydrogen) atoms. The Bertz CT molecular complexity index is 1490. The maximum absolute atomic E-state index is 14.4. The number of hydrogen-bond acceptors (Lipinski definition) is 7. The smallest absolute Gasteiger partial charge is 0.338 e. The van der Waals surface area contributed by atoms with Crippen LogP contribution in [0.3, 0.4) is 0 Å². The molecule has 12 heteroatoms. The molecular formula is C32H35F2N5O5. The molecule has 1 aliphatic carbocycles. The quantitative estimate of drug-likeness (QED) is 0.450. The fourth-order valence-corrected chi connectivity index (χ4v) is 6.64. The van der Waals surface area contributed by atoms with Gasteiger partial charge in [-0.15, -0.1) is 0 Å². The zero-order valence-electron chi connectivity index (χ0n) is 24.6. The Balaban J connectivity index is 1.32. The molecule has 1 unspecified atom stereocenters. The molecule has 2 N–H and O–H groups in total. The number of imide groups is 1. The first-order valence-electron chi connectivity index (χ1n) is 14.6. The first kappa shape index (κ1) is 31.1. The van der Waals surface area contributed by atoms with Crippen LogP contribution in [-0.2, 0) is 19.7 Å². The van der Waals surface area contributed by atoms with E-state index in [0.29, 0.717) is 13.0 Å². The molecule has 0 bridgehead atoms. The van der Waals surface area contributed by atoms with Gasteiger partial charge in [0.2, 0.25) is 0 Å². The molecule has 3 aliphatic rings. The fraction of sp³-hybridized carbons (Fsp3) is 0.438. The van der Waals surface area contributed by atoms with Gasteiger partial charge in [0.1, 0.15) is 6.04 Å². The van der Waals surface area contributed by atoms with Crippen LogP contribution in [0, 0.1) is 23.0 Å². The molecule has 0 aromatic heterocycles. The third kappa shape index (κ3) is 6.02. The maximum atomic E-state index is 14.4. The highest BCUT2D eigenvalue weighted by molar-refractivity contribution is 6.01. The van der Waals surface area contributed by atoms with E-state index in [9.17, 15) is 28.4 Å². The van der Waals surface area contributed by atoms with Crippen molar-refractivity contribution < 1.29 is 32.6 Å². The second-order valence-electron chi connectivity index (χ2n) is 11.4. The van der Waals surface area contributed by atoms with Gasteiger partial charge in [0, 0.05) is 32.3 Å². The highest BCUT2D eigenvalue weighted by Crippen LogP contribution is 2.41. The van der Waals surface area contributed by atoms with E-state index in [2.05, 4.69) is 21.6 Å². The number of likely N-dealkylation sites (tertiary alicyclic amines) is 1. The van der Waals surface area contributed by atoms with Gasteiger partial charge in [-0.2, -0.15) is 5.26 Å². The van der Waals surface area contributed by atoms with Gasteiger partial charge >= 0.3 is 18.0 Å². The number of ether oxygens (including phenoxy) is 2. The third-order valence-electron chi connectivity index (χ3n) is 8.92. The number of halogens is 2. The van der Waals surface area contributed by atoms with Gasteiger partial charge in [0.25, 0.3) is 0 Å². The average Bonchev–Trinajstić information content (AvgIpc) is 3.50.